The summed E-state index contributed by atoms with van der Waals surface area (Å²) in [6.45, 7) is 0. The Morgan fingerprint density at radius 3 is 2.42 bits per heavy atom. The van der Waals surface area contributed by atoms with Gasteiger partial charge in [0.2, 0.25) is 0 Å². The maximum Gasteiger partial charge on any atom is 0.453 e. The molecule has 0 atom stereocenters. The van der Waals surface area contributed by atoms with Gasteiger partial charge in [-0.25, -0.2) is 4.39 Å². The van der Waals surface area contributed by atoms with Crippen molar-refractivity contribution in [2.75, 3.05) is 5.32 Å². The Kier molecular flexibility index (Phi) is 3.24. The molecule has 0 saturated carbocycles. The summed E-state index contributed by atoms with van der Waals surface area (Å²) in [4.78, 5) is 11.6. The van der Waals surface area contributed by atoms with Gasteiger partial charge in [-0.15, -0.1) is 0 Å². The van der Waals surface area contributed by atoms with Gasteiger partial charge in [0.25, 0.3) is 11.7 Å². The summed E-state index contributed by atoms with van der Waals surface area (Å²) in [7, 11) is 0. The minimum absolute atomic E-state index is 0.153. The van der Waals surface area contributed by atoms with E-state index in [1.54, 1.807) is 0 Å². The normalized spacial score (nSPS) is 11.4. The van der Waals surface area contributed by atoms with Crippen LogP contribution in [0.15, 0.2) is 35.0 Å². The lowest BCUT2D eigenvalue weighted by molar-refractivity contribution is -0.155. The van der Waals surface area contributed by atoms with E-state index in [0.29, 0.717) is 6.20 Å². The van der Waals surface area contributed by atoms with Gasteiger partial charge in [-0.3, -0.25) is 4.79 Å². The largest absolute Gasteiger partial charge is 0.453 e. The van der Waals surface area contributed by atoms with Crippen molar-refractivity contribution in [2.45, 2.75) is 6.18 Å². The highest BCUT2D eigenvalue weighted by atomic mass is 19.4. The smallest absolute Gasteiger partial charge is 0.351 e. The van der Waals surface area contributed by atoms with Crippen molar-refractivity contribution < 1.29 is 26.9 Å². The predicted molar refractivity (Wildman–Crippen MR) is 55.9 cm³/mol. The van der Waals surface area contributed by atoms with E-state index in [4.69, 9.17) is 0 Å². The fourth-order valence-electron chi connectivity index (χ4n) is 1.34. The quantitative estimate of drug-likeness (QED) is 0.856. The first kappa shape index (κ1) is 13.1. The standard InChI is InChI=1S/C11H6F4N2O2/c12-6-1-3-7(4-2-6)17-10(18)8-5-16-19-9(8)11(13,14)15/h1-5H,(H,17,18). The second-order valence-corrected chi connectivity index (χ2v) is 3.53. The minimum Gasteiger partial charge on any atom is -0.351 e. The first-order valence-corrected chi connectivity index (χ1v) is 4.96. The van der Waals surface area contributed by atoms with Gasteiger partial charge >= 0.3 is 6.18 Å². The number of nitrogens with zero attached hydrogens (tertiary/aromatic N) is 1. The van der Waals surface area contributed by atoms with Gasteiger partial charge < -0.3 is 9.84 Å². The first-order valence-electron chi connectivity index (χ1n) is 4.96. The van der Waals surface area contributed by atoms with Crippen LogP contribution in [0, 0.1) is 5.82 Å². The summed E-state index contributed by atoms with van der Waals surface area (Å²) < 4.78 is 54.1. The van der Waals surface area contributed by atoms with Crippen LogP contribution in [0.25, 0.3) is 0 Å². The van der Waals surface area contributed by atoms with Crippen molar-refractivity contribution in [1.82, 2.24) is 5.16 Å². The molecule has 0 bridgehead atoms. The lowest BCUT2D eigenvalue weighted by Gasteiger charge is -2.06. The molecule has 0 aliphatic heterocycles. The molecule has 0 unspecified atom stereocenters. The third-order valence-corrected chi connectivity index (χ3v) is 2.17. The molecule has 8 heteroatoms. The van der Waals surface area contributed by atoms with E-state index in [-0.39, 0.29) is 5.69 Å². The number of carbonyl (C=O) groups excluding carboxylic acids is 1. The SMILES string of the molecule is O=C(Nc1ccc(F)cc1)c1cnoc1C(F)(F)F. The van der Waals surface area contributed by atoms with E-state index >= 15 is 0 Å². The third-order valence-electron chi connectivity index (χ3n) is 2.17. The molecule has 1 aromatic heterocycles. The van der Waals surface area contributed by atoms with Gasteiger partial charge in [0.1, 0.15) is 11.4 Å². The molecule has 4 nitrogen and oxygen atoms in total. The summed E-state index contributed by atoms with van der Waals surface area (Å²) in [5.74, 6) is -3.05. The molecule has 100 valence electrons. The molecule has 1 heterocycles. The molecule has 0 spiro atoms. The number of halogens is 4. The summed E-state index contributed by atoms with van der Waals surface area (Å²) in [6.07, 6.45) is -4.15. The van der Waals surface area contributed by atoms with Gasteiger partial charge in [-0.1, -0.05) is 5.16 Å². The van der Waals surface area contributed by atoms with Crippen LogP contribution in [0.1, 0.15) is 16.1 Å². The Labute approximate surface area is 104 Å². The number of amides is 1. The first-order chi connectivity index (χ1) is 8.88. The number of anilines is 1. The maximum atomic E-state index is 12.6. The van der Waals surface area contributed by atoms with Crippen LogP contribution < -0.4 is 5.32 Å². The van der Waals surface area contributed by atoms with Crippen LogP contribution in [0.5, 0.6) is 0 Å². The minimum atomic E-state index is -4.81. The average molecular weight is 274 g/mol. The molecule has 2 rings (SSSR count). The Hall–Kier alpha value is -2.38. The summed E-state index contributed by atoms with van der Waals surface area (Å²) in [5.41, 5.74) is -0.586. The van der Waals surface area contributed by atoms with Crippen molar-refractivity contribution in [1.29, 1.82) is 0 Å². The topological polar surface area (TPSA) is 55.1 Å². The number of carbonyl (C=O) groups is 1. The number of alkyl halides is 3. The Balaban J connectivity index is 2.21. The zero-order valence-electron chi connectivity index (χ0n) is 9.16. The molecule has 0 aliphatic carbocycles. The molecule has 1 aromatic carbocycles. The number of rotatable bonds is 2. The highest BCUT2D eigenvalue weighted by Crippen LogP contribution is 2.32. The van der Waals surface area contributed by atoms with Gasteiger partial charge in [0.05, 0.1) is 6.20 Å². The number of aromatic nitrogens is 1. The Bertz CT molecular complexity index is 589. The molecular weight excluding hydrogens is 268 g/mol. The highest BCUT2D eigenvalue weighted by Gasteiger charge is 2.40. The van der Waals surface area contributed by atoms with E-state index < -0.39 is 29.2 Å². The molecule has 19 heavy (non-hydrogen) atoms. The van der Waals surface area contributed by atoms with E-state index in [2.05, 4.69) is 15.0 Å². The molecular formula is C11H6F4N2O2. The van der Waals surface area contributed by atoms with Crippen LogP contribution in [0.3, 0.4) is 0 Å². The van der Waals surface area contributed by atoms with E-state index in [1.165, 1.54) is 12.1 Å². The van der Waals surface area contributed by atoms with Crippen molar-refractivity contribution in [3.8, 4) is 0 Å². The molecule has 1 N–H and O–H groups in total. The predicted octanol–water partition coefficient (Wildman–Crippen LogP) is 3.08. The third kappa shape index (κ3) is 2.90. The zero-order valence-corrected chi connectivity index (χ0v) is 9.16. The maximum absolute atomic E-state index is 12.6. The van der Waals surface area contributed by atoms with E-state index in [1.807, 2.05) is 0 Å². The number of hydrogen-bond acceptors (Lipinski definition) is 3. The highest BCUT2D eigenvalue weighted by molar-refractivity contribution is 6.04. The second-order valence-electron chi connectivity index (χ2n) is 3.53. The fraction of sp³-hybridized carbons (Fsp3) is 0.0909. The van der Waals surface area contributed by atoms with Gasteiger partial charge in [-0.2, -0.15) is 13.2 Å². The van der Waals surface area contributed by atoms with E-state index in [0.717, 1.165) is 12.1 Å². The summed E-state index contributed by atoms with van der Waals surface area (Å²) >= 11 is 0. The van der Waals surface area contributed by atoms with Crippen LogP contribution >= 0.6 is 0 Å². The van der Waals surface area contributed by atoms with Crippen LogP contribution in [0.2, 0.25) is 0 Å². The van der Waals surface area contributed by atoms with Gasteiger partial charge in [0, 0.05) is 5.69 Å². The van der Waals surface area contributed by atoms with Crippen LogP contribution in [0.4, 0.5) is 23.2 Å². The van der Waals surface area contributed by atoms with Gasteiger partial charge in [-0.05, 0) is 24.3 Å². The molecule has 2 aromatic rings. The zero-order chi connectivity index (χ0) is 14.0. The number of hydrogen-bond donors (Lipinski definition) is 1. The fourth-order valence-corrected chi connectivity index (χ4v) is 1.34. The molecule has 0 fully saturated rings. The average Bonchev–Trinajstić information content (AvgIpc) is 2.81. The van der Waals surface area contributed by atoms with Crippen molar-refractivity contribution in [3.05, 3.63) is 47.6 Å². The summed E-state index contributed by atoms with van der Waals surface area (Å²) in [5, 5.41) is 5.13. The Morgan fingerprint density at radius 1 is 1.21 bits per heavy atom. The molecule has 0 aliphatic rings. The van der Waals surface area contributed by atoms with Crippen molar-refractivity contribution in [3.63, 3.8) is 0 Å². The molecule has 0 saturated heterocycles. The lowest BCUT2D eigenvalue weighted by atomic mass is 10.2. The lowest BCUT2D eigenvalue weighted by Crippen LogP contribution is -2.16. The van der Waals surface area contributed by atoms with Crippen LogP contribution in [-0.4, -0.2) is 11.1 Å². The van der Waals surface area contributed by atoms with E-state index in [9.17, 15) is 22.4 Å². The monoisotopic (exact) mass is 274 g/mol. The number of nitrogens with one attached hydrogen (secondary N) is 1. The van der Waals surface area contributed by atoms with Crippen molar-refractivity contribution in [2.24, 2.45) is 0 Å². The molecule has 1 amide bonds. The molecule has 0 radical (unpaired) electrons. The Morgan fingerprint density at radius 2 is 1.84 bits per heavy atom. The van der Waals surface area contributed by atoms with Gasteiger partial charge in [0.15, 0.2) is 0 Å². The van der Waals surface area contributed by atoms with Crippen LogP contribution in [-0.2, 0) is 6.18 Å². The second kappa shape index (κ2) is 4.71. The summed E-state index contributed by atoms with van der Waals surface area (Å²) in [6, 6.07) is 4.56. The number of benzene rings is 1. The van der Waals surface area contributed by atoms with Crippen molar-refractivity contribution >= 4 is 11.6 Å².